The fourth-order valence-corrected chi connectivity index (χ4v) is 2.56. The van der Waals surface area contributed by atoms with Crippen molar-refractivity contribution in [2.45, 2.75) is 25.3 Å². The van der Waals surface area contributed by atoms with Crippen LogP contribution in [0.5, 0.6) is 0 Å². The van der Waals surface area contributed by atoms with Gasteiger partial charge in [0.05, 0.1) is 11.3 Å². The third-order valence-corrected chi connectivity index (χ3v) is 4.14. The molecule has 0 aromatic carbocycles. The largest absolute Gasteiger partial charge is 0.478 e. The quantitative estimate of drug-likeness (QED) is 0.734. The molecule has 126 valence electrons. The molecule has 0 saturated carbocycles. The minimum absolute atomic E-state index is 0.100. The molecule has 1 aliphatic heterocycles. The maximum absolute atomic E-state index is 11.1. The molecule has 24 heavy (non-hydrogen) atoms. The zero-order chi connectivity index (χ0) is 17.3. The van der Waals surface area contributed by atoms with Crippen LogP contribution in [0.25, 0.3) is 11.4 Å². The SMILES string of the molecule is CC1(N)CCN(c2nnc(-c3cc(C(=O)O)ccn3)c(N)n2)CC1. The van der Waals surface area contributed by atoms with Crippen molar-refractivity contribution < 1.29 is 9.90 Å². The smallest absolute Gasteiger partial charge is 0.335 e. The normalized spacial score (nSPS) is 16.8. The summed E-state index contributed by atoms with van der Waals surface area (Å²) in [6.45, 7) is 3.50. The lowest BCUT2D eigenvalue weighted by Gasteiger charge is -2.36. The van der Waals surface area contributed by atoms with Gasteiger partial charge in [0.25, 0.3) is 0 Å². The van der Waals surface area contributed by atoms with E-state index in [0.29, 0.717) is 11.6 Å². The van der Waals surface area contributed by atoms with Crippen LogP contribution in [0.1, 0.15) is 30.1 Å². The Morgan fingerprint density at radius 1 is 1.33 bits per heavy atom. The number of hydrogen-bond acceptors (Lipinski definition) is 8. The summed E-state index contributed by atoms with van der Waals surface area (Å²) in [6.07, 6.45) is 3.06. The summed E-state index contributed by atoms with van der Waals surface area (Å²) in [6, 6.07) is 2.79. The molecular weight excluding hydrogens is 310 g/mol. The number of piperidine rings is 1. The number of pyridine rings is 1. The summed E-state index contributed by atoms with van der Waals surface area (Å²) < 4.78 is 0. The fourth-order valence-electron chi connectivity index (χ4n) is 2.56. The van der Waals surface area contributed by atoms with Crippen LogP contribution in [0.4, 0.5) is 11.8 Å². The second-order valence-electron chi connectivity index (χ2n) is 6.22. The molecule has 0 spiro atoms. The molecule has 3 heterocycles. The van der Waals surface area contributed by atoms with E-state index < -0.39 is 5.97 Å². The summed E-state index contributed by atoms with van der Waals surface area (Å²) in [5.74, 6) is -0.440. The highest BCUT2D eigenvalue weighted by Gasteiger charge is 2.27. The number of carboxylic acid groups (broad SMARTS) is 1. The number of aromatic nitrogens is 4. The van der Waals surface area contributed by atoms with E-state index in [9.17, 15) is 4.79 Å². The number of aromatic carboxylic acids is 1. The molecule has 0 unspecified atom stereocenters. The molecule has 2 aromatic heterocycles. The third kappa shape index (κ3) is 3.25. The van der Waals surface area contributed by atoms with Gasteiger partial charge in [-0.1, -0.05) is 0 Å². The van der Waals surface area contributed by atoms with Crippen LogP contribution in [0.15, 0.2) is 18.3 Å². The van der Waals surface area contributed by atoms with Crippen LogP contribution >= 0.6 is 0 Å². The van der Waals surface area contributed by atoms with Crippen LogP contribution < -0.4 is 16.4 Å². The Labute approximate surface area is 138 Å². The number of rotatable bonds is 3. The molecule has 0 amide bonds. The molecule has 1 saturated heterocycles. The van der Waals surface area contributed by atoms with Crippen molar-refractivity contribution in [2.24, 2.45) is 5.73 Å². The van der Waals surface area contributed by atoms with Crippen molar-refractivity contribution in [3.8, 4) is 11.4 Å². The van der Waals surface area contributed by atoms with Gasteiger partial charge in [-0.05, 0) is 31.9 Å². The van der Waals surface area contributed by atoms with Crippen LogP contribution in [-0.4, -0.2) is 49.9 Å². The van der Waals surface area contributed by atoms with Gasteiger partial charge >= 0.3 is 5.97 Å². The number of anilines is 2. The van der Waals surface area contributed by atoms with E-state index in [2.05, 4.69) is 20.2 Å². The first-order valence-electron chi connectivity index (χ1n) is 7.59. The first kappa shape index (κ1) is 16.1. The number of nitrogens with zero attached hydrogens (tertiary/aromatic N) is 5. The highest BCUT2D eigenvalue weighted by Crippen LogP contribution is 2.25. The Balaban J connectivity index is 1.85. The van der Waals surface area contributed by atoms with E-state index in [1.54, 1.807) is 0 Å². The Bertz CT molecular complexity index is 768. The number of nitrogen functional groups attached to an aromatic ring is 1. The van der Waals surface area contributed by atoms with Gasteiger partial charge < -0.3 is 21.5 Å². The Morgan fingerprint density at radius 3 is 2.67 bits per heavy atom. The van der Waals surface area contributed by atoms with Crippen molar-refractivity contribution in [3.05, 3.63) is 23.9 Å². The highest BCUT2D eigenvalue weighted by molar-refractivity contribution is 5.89. The lowest BCUT2D eigenvalue weighted by molar-refractivity contribution is 0.0697. The summed E-state index contributed by atoms with van der Waals surface area (Å²) in [5.41, 5.74) is 12.6. The summed E-state index contributed by atoms with van der Waals surface area (Å²) in [5, 5.41) is 17.3. The van der Waals surface area contributed by atoms with Gasteiger partial charge in [-0.3, -0.25) is 4.98 Å². The van der Waals surface area contributed by atoms with Crippen molar-refractivity contribution in [2.75, 3.05) is 23.7 Å². The third-order valence-electron chi connectivity index (χ3n) is 4.14. The molecule has 9 heteroatoms. The second-order valence-corrected chi connectivity index (χ2v) is 6.22. The van der Waals surface area contributed by atoms with Gasteiger partial charge in [0.2, 0.25) is 5.95 Å². The summed E-state index contributed by atoms with van der Waals surface area (Å²) in [4.78, 5) is 21.4. The van der Waals surface area contributed by atoms with Gasteiger partial charge in [-0.15, -0.1) is 10.2 Å². The molecule has 0 aliphatic carbocycles. The van der Waals surface area contributed by atoms with Crippen molar-refractivity contribution in [1.82, 2.24) is 20.2 Å². The first-order chi connectivity index (χ1) is 11.4. The van der Waals surface area contributed by atoms with Crippen LogP contribution in [0, 0.1) is 0 Å². The maximum atomic E-state index is 11.1. The molecule has 0 bridgehead atoms. The molecular formula is C15H19N7O2. The van der Waals surface area contributed by atoms with Gasteiger partial charge in [0.1, 0.15) is 0 Å². The summed E-state index contributed by atoms with van der Waals surface area (Å²) in [7, 11) is 0. The molecule has 2 aromatic rings. The molecule has 0 atom stereocenters. The van der Waals surface area contributed by atoms with E-state index in [1.807, 2.05) is 11.8 Å². The van der Waals surface area contributed by atoms with Gasteiger partial charge in [-0.2, -0.15) is 4.98 Å². The van der Waals surface area contributed by atoms with E-state index in [1.165, 1.54) is 18.3 Å². The minimum Gasteiger partial charge on any atom is -0.478 e. The van der Waals surface area contributed by atoms with Gasteiger partial charge in [0.15, 0.2) is 11.5 Å². The average molecular weight is 329 g/mol. The Kier molecular flexibility index (Phi) is 4.02. The topological polar surface area (TPSA) is 144 Å². The number of nitrogens with two attached hydrogens (primary N) is 2. The first-order valence-corrected chi connectivity index (χ1v) is 7.59. The van der Waals surface area contributed by atoms with Crippen molar-refractivity contribution in [3.63, 3.8) is 0 Å². The second kappa shape index (κ2) is 6.00. The van der Waals surface area contributed by atoms with Crippen LogP contribution in [0.3, 0.4) is 0 Å². The molecule has 9 nitrogen and oxygen atoms in total. The minimum atomic E-state index is -1.05. The zero-order valence-corrected chi connectivity index (χ0v) is 13.3. The van der Waals surface area contributed by atoms with E-state index in [4.69, 9.17) is 16.6 Å². The summed E-state index contributed by atoms with van der Waals surface area (Å²) >= 11 is 0. The standard InChI is InChI=1S/C15H19N7O2/c1-15(17)3-6-22(7-4-15)14-19-12(16)11(20-21-14)10-8-9(13(23)24)2-5-18-10/h2,5,8H,3-4,6-7,17H2,1H3,(H,23,24)(H2,16,19,21). The van der Waals surface area contributed by atoms with E-state index in [0.717, 1.165) is 25.9 Å². The zero-order valence-electron chi connectivity index (χ0n) is 13.3. The lowest BCUT2D eigenvalue weighted by atomic mass is 9.91. The maximum Gasteiger partial charge on any atom is 0.335 e. The monoisotopic (exact) mass is 329 g/mol. The van der Waals surface area contributed by atoms with E-state index in [-0.39, 0.29) is 22.6 Å². The molecule has 5 N–H and O–H groups in total. The molecule has 1 fully saturated rings. The number of hydrogen-bond donors (Lipinski definition) is 3. The molecule has 3 rings (SSSR count). The fraction of sp³-hybridized carbons (Fsp3) is 0.400. The van der Waals surface area contributed by atoms with Crippen molar-refractivity contribution in [1.29, 1.82) is 0 Å². The molecule has 1 aliphatic rings. The number of carbonyl (C=O) groups is 1. The molecule has 0 radical (unpaired) electrons. The van der Waals surface area contributed by atoms with Gasteiger partial charge in [0, 0.05) is 24.8 Å². The number of carboxylic acids is 1. The Morgan fingerprint density at radius 2 is 2.04 bits per heavy atom. The van der Waals surface area contributed by atoms with Crippen LogP contribution in [-0.2, 0) is 0 Å². The average Bonchev–Trinajstić information content (AvgIpc) is 2.55. The van der Waals surface area contributed by atoms with Crippen molar-refractivity contribution >= 4 is 17.7 Å². The predicted molar refractivity (Wildman–Crippen MR) is 88.5 cm³/mol. The van der Waals surface area contributed by atoms with Gasteiger partial charge in [-0.25, -0.2) is 4.79 Å². The Hall–Kier alpha value is -2.81. The lowest BCUT2D eigenvalue weighted by Crippen LogP contribution is -2.48. The van der Waals surface area contributed by atoms with E-state index >= 15 is 0 Å². The van der Waals surface area contributed by atoms with Crippen LogP contribution in [0.2, 0.25) is 0 Å². The predicted octanol–water partition coefficient (Wildman–Crippen LogP) is 0.532. The highest BCUT2D eigenvalue weighted by atomic mass is 16.4.